The number of amides is 2. The molecule has 0 saturated heterocycles. The van der Waals surface area contributed by atoms with Gasteiger partial charge in [-0.25, -0.2) is 0 Å². The van der Waals surface area contributed by atoms with Crippen molar-refractivity contribution in [1.82, 2.24) is 4.90 Å². The molecule has 7 heteroatoms. The van der Waals surface area contributed by atoms with E-state index >= 15 is 0 Å². The summed E-state index contributed by atoms with van der Waals surface area (Å²) in [5.41, 5.74) is 0.422. The van der Waals surface area contributed by atoms with Crippen LogP contribution in [0, 0.1) is 10.1 Å². The highest BCUT2D eigenvalue weighted by Gasteiger charge is 2.37. The standard InChI is InChI=1S/C14H13ClN2O4/c1-2-3-8-16-13(18)11(12(15)14(16)19)9-4-6-10(7-5-9)17(20)21/h4-7H,2-3,8H2,1H3. The molecule has 0 bridgehead atoms. The van der Waals surface area contributed by atoms with Crippen LogP contribution in [0.25, 0.3) is 5.57 Å². The van der Waals surface area contributed by atoms with Crippen molar-refractivity contribution in [3.8, 4) is 0 Å². The molecular weight excluding hydrogens is 296 g/mol. The van der Waals surface area contributed by atoms with Gasteiger partial charge in [-0.3, -0.25) is 24.6 Å². The molecule has 21 heavy (non-hydrogen) atoms. The van der Waals surface area contributed by atoms with E-state index in [9.17, 15) is 19.7 Å². The van der Waals surface area contributed by atoms with Gasteiger partial charge < -0.3 is 0 Å². The van der Waals surface area contributed by atoms with Gasteiger partial charge in [-0.15, -0.1) is 0 Å². The van der Waals surface area contributed by atoms with E-state index in [-0.39, 0.29) is 16.3 Å². The summed E-state index contributed by atoms with van der Waals surface area (Å²) in [6.07, 6.45) is 1.55. The minimum Gasteiger partial charge on any atom is -0.274 e. The molecule has 0 unspecified atom stereocenters. The third-order valence-corrected chi connectivity index (χ3v) is 3.56. The fraction of sp³-hybridized carbons (Fsp3) is 0.286. The number of carbonyl (C=O) groups excluding carboxylic acids is 2. The lowest BCUT2D eigenvalue weighted by molar-refractivity contribution is -0.384. The Labute approximate surface area is 126 Å². The largest absolute Gasteiger partial charge is 0.274 e. The Hall–Kier alpha value is -2.21. The second-order valence-electron chi connectivity index (χ2n) is 4.61. The summed E-state index contributed by atoms with van der Waals surface area (Å²) in [7, 11) is 0. The number of imide groups is 1. The number of rotatable bonds is 5. The predicted molar refractivity (Wildman–Crippen MR) is 77.5 cm³/mol. The highest BCUT2D eigenvalue weighted by Crippen LogP contribution is 2.32. The van der Waals surface area contributed by atoms with E-state index in [2.05, 4.69) is 0 Å². The molecule has 0 fully saturated rings. The van der Waals surface area contributed by atoms with E-state index in [0.717, 1.165) is 11.3 Å². The zero-order valence-electron chi connectivity index (χ0n) is 11.3. The minimum atomic E-state index is -0.533. The fourth-order valence-corrected chi connectivity index (χ4v) is 2.36. The lowest BCUT2D eigenvalue weighted by Crippen LogP contribution is -2.32. The Morgan fingerprint density at radius 1 is 1.19 bits per heavy atom. The number of non-ortho nitro benzene ring substituents is 1. The van der Waals surface area contributed by atoms with Crippen LogP contribution in [0.1, 0.15) is 25.3 Å². The van der Waals surface area contributed by atoms with Crippen molar-refractivity contribution in [3.63, 3.8) is 0 Å². The third kappa shape index (κ3) is 2.80. The molecule has 6 nitrogen and oxygen atoms in total. The summed E-state index contributed by atoms with van der Waals surface area (Å²) in [5.74, 6) is -0.962. The van der Waals surface area contributed by atoms with Crippen LogP contribution in [0.3, 0.4) is 0 Å². The van der Waals surface area contributed by atoms with Crippen LogP contribution < -0.4 is 0 Å². The Morgan fingerprint density at radius 3 is 2.33 bits per heavy atom. The van der Waals surface area contributed by atoms with Crippen LogP contribution in [0.5, 0.6) is 0 Å². The molecule has 2 rings (SSSR count). The van der Waals surface area contributed by atoms with Crippen LogP contribution in [0.4, 0.5) is 5.69 Å². The summed E-state index contributed by atoms with van der Waals surface area (Å²) in [4.78, 5) is 35.5. The number of nitrogens with zero attached hydrogens (tertiary/aromatic N) is 2. The van der Waals surface area contributed by atoms with Gasteiger partial charge in [0.15, 0.2) is 0 Å². The molecule has 0 N–H and O–H groups in total. The summed E-state index contributed by atoms with van der Waals surface area (Å²) in [6, 6.07) is 5.40. The van der Waals surface area contributed by atoms with Crippen molar-refractivity contribution >= 4 is 34.7 Å². The lowest BCUT2D eigenvalue weighted by atomic mass is 10.1. The second kappa shape index (κ2) is 6.05. The van der Waals surface area contributed by atoms with Crippen molar-refractivity contribution in [2.45, 2.75) is 19.8 Å². The molecule has 1 aromatic carbocycles. The summed E-state index contributed by atoms with van der Waals surface area (Å²) < 4.78 is 0. The molecule has 0 aliphatic carbocycles. The number of hydrogen-bond donors (Lipinski definition) is 0. The van der Waals surface area contributed by atoms with Gasteiger partial charge in [-0.05, 0) is 24.1 Å². The molecule has 0 aromatic heterocycles. The van der Waals surface area contributed by atoms with Gasteiger partial charge in [-0.1, -0.05) is 24.9 Å². The average Bonchev–Trinajstić information content (AvgIpc) is 2.68. The molecule has 0 atom stereocenters. The van der Waals surface area contributed by atoms with Crippen LogP contribution in [-0.2, 0) is 9.59 Å². The topological polar surface area (TPSA) is 80.5 Å². The molecule has 2 amide bonds. The van der Waals surface area contributed by atoms with Gasteiger partial charge in [0.05, 0.1) is 10.5 Å². The van der Waals surface area contributed by atoms with Crippen LogP contribution in [0.15, 0.2) is 29.3 Å². The van der Waals surface area contributed by atoms with Crippen molar-refractivity contribution in [3.05, 3.63) is 45.0 Å². The highest BCUT2D eigenvalue weighted by molar-refractivity contribution is 6.55. The smallest absolute Gasteiger partial charge is 0.273 e. The van der Waals surface area contributed by atoms with E-state index < -0.39 is 16.7 Å². The van der Waals surface area contributed by atoms with E-state index in [1.807, 2.05) is 6.92 Å². The number of halogens is 1. The predicted octanol–water partition coefficient (Wildman–Crippen LogP) is 2.71. The lowest BCUT2D eigenvalue weighted by Gasteiger charge is -2.13. The van der Waals surface area contributed by atoms with E-state index in [1.165, 1.54) is 24.3 Å². The monoisotopic (exact) mass is 308 g/mol. The quantitative estimate of drug-likeness (QED) is 0.476. The van der Waals surface area contributed by atoms with E-state index in [0.29, 0.717) is 18.5 Å². The maximum Gasteiger partial charge on any atom is 0.273 e. The molecule has 1 aromatic rings. The molecular formula is C14H13ClN2O4. The average molecular weight is 309 g/mol. The van der Waals surface area contributed by atoms with Crippen molar-refractivity contribution in [1.29, 1.82) is 0 Å². The third-order valence-electron chi connectivity index (χ3n) is 3.21. The van der Waals surface area contributed by atoms with Gasteiger partial charge in [0.25, 0.3) is 17.5 Å². The first kappa shape index (κ1) is 15.2. The summed E-state index contributed by atoms with van der Waals surface area (Å²) in [5, 5.41) is 10.5. The molecule has 0 saturated carbocycles. The van der Waals surface area contributed by atoms with Crippen LogP contribution in [0.2, 0.25) is 0 Å². The summed E-state index contributed by atoms with van der Waals surface area (Å²) in [6.45, 7) is 2.28. The van der Waals surface area contributed by atoms with E-state index in [4.69, 9.17) is 11.6 Å². The van der Waals surface area contributed by atoms with Gasteiger partial charge in [0.1, 0.15) is 5.03 Å². The number of hydrogen-bond acceptors (Lipinski definition) is 4. The van der Waals surface area contributed by atoms with Crippen LogP contribution in [-0.4, -0.2) is 28.2 Å². The first-order valence-electron chi connectivity index (χ1n) is 6.48. The Bertz CT molecular complexity index is 637. The molecule has 0 spiro atoms. The second-order valence-corrected chi connectivity index (χ2v) is 4.99. The number of nitro benzene ring substituents is 1. The van der Waals surface area contributed by atoms with Crippen molar-refractivity contribution in [2.75, 3.05) is 6.54 Å². The van der Waals surface area contributed by atoms with Gasteiger partial charge in [-0.2, -0.15) is 0 Å². The number of carbonyl (C=O) groups is 2. The Kier molecular flexibility index (Phi) is 4.37. The van der Waals surface area contributed by atoms with Gasteiger partial charge >= 0.3 is 0 Å². The molecule has 110 valence electrons. The maximum absolute atomic E-state index is 12.3. The first-order valence-corrected chi connectivity index (χ1v) is 6.86. The molecule has 1 aliphatic rings. The van der Waals surface area contributed by atoms with Crippen molar-refractivity contribution in [2.24, 2.45) is 0 Å². The zero-order valence-corrected chi connectivity index (χ0v) is 12.1. The van der Waals surface area contributed by atoms with Crippen molar-refractivity contribution < 1.29 is 14.5 Å². The van der Waals surface area contributed by atoms with E-state index in [1.54, 1.807) is 0 Å². The number of unbranched alkanes of at least 4 members (excludes halogenated alkanes) is 1. The normalized spacial score (nSPS) is 15.0. The number of nitro groups is 1. The van der Waals surface area contributed by atoms with Gasteiger partial charge in [0, 0.05) is 18.7 Å². The highest BCUT2D eigenvalue weighted by atomic mass is 35.5. The zero-order chi connectivity index (χ0) is 15.6. The molecule has 0 radical (unpaired) electrons. The van der Waals surface area contributed by atoms with Crippen LogP contribution >= 0.6 is 11.6 Å². The first-order chi connectivity index (χ1) is 9.97. The minimum absolute atomic E-state index is 0.0879. The molecule has 1 heterocycles. The van der Waals surface area contributed by atoms with Gasteiger partial charge in [0.2, 0.25) is 0 Å². The SMILES string of the molecule is CCCCN1C(=O)C(Cl)=C(c2ccc([N+](=O)[O-])cc2)C1=O. The maximum atomic E-state index is 12.3. The Morgan fingerprint density at radius 2 is 1.81 bits per heavy atom. The fourth-order valence-electron chi connectivity index (χ4n) is 2.07. The Balaban J connectivity index is 2.32. The number of benzene rings is 1. The summed E-state index contributed by atoms with van der Waals surface area (Å²) >= 11 is 5.97. The molecule has 1 aliphatic heterocycles.